The van der Waals surface area contributed by atoms with E-state index in [9.17, 15) is 14.4 Å². The molecule has 4 amide bonds. The number of fused-ring (bicyclic) bond motifs is 1. The van der Waals surface area contributed by atoms with Crippen LogP contribution in [0.4, 0.5) is 16.2 Å². The van der Waals surface area contributed by atoms with Crippen molar-refractivity contribution in [1.29, 1.82) is 0 Å². The lowest BCUT2D eigenvalue weighted by atomic mass is 9.98. The van der Waals surface area contributed by atoms with Crippen molar-refractivity contribution in [2.45, 2.75) is 44.1 Å². The summed E-state index contributed by atoms with van der Waals surface area (Å²) < 4.78 is 0. The van der Waals surface area contributed by atoms with Crippen LogP contribution < -0.4 is 16.0 Å². The average Bonchev–Trinajstić information content (AvgIpc) is 3.16. The Kier molecular flexibility index (Phi) is 3.67. The quantitative estimate of drug-likeness (QED) is 0.627. The molecule has 0 bridgehead atoms. The summed E-state index contributed by atoms with van der Waals surface area (Å²) in [4.78, 5) is 40.5. The van der Waals surface area contributed by atoms with Crippen LogP contribution in [-0.4, -0.2) is 41.4 Å². The van der Waals surface area contributed by atoms with E-state index in [4.69, 9.17) is 5.73 Å². The third-order valence-corrected chi connectivity index (χ3v) is 5.58. The molecule has 1 saturated carbocycles. The molecule has 25 heavy (non-hydrogen) atoms. The van der Waals surface area contributed by atoms with Crippen LogP contribution in [0.15, 0.2) is 18.2 Å². The minimum atomic E-state index is -0.776. The molecule has 1 aromatic rings. The molecule has 7 heteroatoms. The lowest BCUT2D eigenvalue weighted by Gasteiger charge is -2.31. The minimum Gasteiger partial charge on any atom is -0.398 e. The van der Waals surface area contributed by atoms with Gasteiger partial charge in [-0.3, -0.25) is 14.5 Å². The zero-order chi connectivity index (χ0) is 17.6. The molecule has 3 N–H and O–H groups in total. The van der Waals surface area contributed by atoms with Crippen LogP contribution in [0.5, 0.6) is 0 Å². The van der Waals surface area contributed by atoms with Crippen LogP contribution >= 0.6 is 0 Å². The SMILES string of the molecule is Nc1cccc2c1CCCN2C(=O)CN1C(=O)NC2(CCCC2)C1=O. The Balaban J connectivity index is 1.55. The highest BCUT2D eigenvalue weighted by Crippen LogP contribution is 2.35. The van der Waals surface area contributed by atoms with Gasteiger partial charge in [0.1, 0.15) is 12.1 Å². The summed E-state index contributed by atoms with van der Waals surface area (Å²) in [5.41, 5.74) is 7.68. The molecule has 3 aliphatic rings. The maximum atomic E-state index is 12.8. The summed E-state index contributed by atoms with van der Waals surface area (Å²) in [7, 11) is 0. The molecule has 1 aliphatic carbocycles. The first kappa shape index (κ1) is 15.9. The van der Waals surface area contributed by atoms with Gasteiger partial charge in [0.2, 0.25) is 5.91 Å². The van der Waals surface area contributed by atoms with Crippen molar-refractivity contribution in [2.75, 3.05) is 23.7 Å². The zero-order valence-corrected chi connectivity index (χ0v) is 14.1. The molecule has 1 aromatic carbocycles. The van der Waals surface area contributed by atoms with Crippen molar-refractivity contribution in [2.24, 2.45) is 0 Å². The summed E-state index contributed by atoms with van der Waals surface area (Å²) in [6, 6.07) is 5.06. The van der Waals surface area contributed by atoms with Gasteiger partial charge in [0, 0.05) is 17.9 Å². The lowest BCUT2D eigenvalue weighted by molar-refractivity contribution is -0.134. The number of rotatable bonds is 2. The Morgan fingerprint density at radius 2 is 1.96 bits per heavy atom. The maximum Gasteiger partial charge on any atom is 0.325 e. The Morgan fingerprint density at radius 1 is 1.20 bits per heavy atom. The number of carbonyl (C=O) groups excluding carboxylic acids is 3. The highest BCUT2D eigenvalue weighted by molar-refractivity contribution is 6.10. The summed E-state index contributed by atoms with van der Waals surface area (Å²) in [5, 5.41) is 2.81. The number of hydrogen-bond acceptors (Lipinski definition) is 4. The number of nitrogens with one attached hydrogen (secondary N) is 1. The second-order valence-corrected chi connectivity index (χ2v) is 7.10. The van der Waals surface area contributed by atoms with Crippen molar-refractivity contribution < 1.29 is 14.4 Å². The van der Waals surface area contributed by atoms with Gasteiger partial charge in [-0.25, -0.2) is 4.79 Å². The van der Waals surface area contributed by atoms with Gasteiger partial charge in [-0.05, 0) is 43.4 Å². The molecular weight excluding hydrogens is 320 g/mol. The van der Waals surface area contributed by atoms with Gasteiger partial charge in [-0.15, -0.1) is 0 Å². The van der Waals surface area contributed by atoms with E-state index in [1.807, 2.05) is 18.2 Å². The minimum absolute atomic E-state index is 0.222. The van der Waals surface area contributed by atoms with Crippen LogP contribution in [0.25, 0.3) is 0 Å². The van der Waals surface area contributed by atoms with Crippen molar-refractivity contribution in [3.63, 3.8) is 0 Å². The average molecular weight is 342 g/mol. The third-order valence-electron chi connectivity index (χ3n) is 5.58. The fourth-order valence-electron chi connectivity index (χ4n) is 4.27. The van der Waals surface area contributed by atoms with E-state index in [1.165, 1.54) is 0 Å². The molecule has 0 atom stereocenters. The Morgan fingerprint density at radius 3 is 2.72 bits per heavy atom. The summed E-state index contributed by atoms with van der Waals surface area (Å²) >= 11 is 0. The predicted octanol–water partition coefficient (Wildman–Crippen LogP) is 1.41. The van der Waals surface area contributed by atoms with E-state index in [2.05, 4.69) is 5.32 Å². The number of anilines is 2. The monoisotopic (exact) mass is 342 g/mol. The molecule has 2 fully saturated rings. The van der Waals surface area contributed by atoms with Crippen LogP contribution in [0.2, 0.25) is 0 Å². The zero-order valence-electron chi connectivity index (χ0n) is 14.1. The summed E-state index contributed by atoms with van der Waals surface area (Å²) in [6.07, 6.45) is 4.81. The largest absolute Gasteiger partial charge is 0.398 e. The standard InChI is InChI=1S/C18H22N4O3/c19-13-6-3-7-14-12(13)5-4-10-21(14)15(23)11-22-16(24)18(20-17(22)25)8-1-2-9-18/h3,6-7H,1-2,4-5,8-11,19H2,(H,20,25). The van der Waals surface area contributed by atoms with Crippen molar-refractivity contribution in [3.8, 4) is 0 Å². The number of imide groups is 1. The number of benzene rings is 1. The lowest BCUT2D eigenvalue weighted by Crippen LogP contribution is -2.47. The molecule has 0 radical (unpaired) electrons. The Bertz CT molecular complexity index is 755. The van der Waals surface area contributed by atoms with Crippen LogP contribution in [-0.2, 0) is 16.0 Å². The molecule has 0 unspecified atom stereocenters. The van der Waals surface area contributed by atoms with Gasteiger partial charge in [0.25, 0.3) is 5.91 Å². The fraction of sp³-hybridized carbons (Fsp3) is 0.500. The number of nitrogen functional groups attached to an aromatic ring is 1. The Labute approximate surface area is 146 Å². The van der Waals surface area contributed by atoms with Crippen LogP contribution in [0.1, 0.15) is 37.7 Å². The van der Waals surface area contributed by atoms with E-state index >= 15 is 0 Å². The first-order valence-electron chi connectivity index (χ1n) is 8.84. The number of urea groups is 1. The highest BCUT2D eigenvalue weighted by atomic mass is 16.2. The van der Waals surface area contributed by atoms with Gasteiger partial charge in [0.15, 0.2) is 0 Å². The Hall–Kier alpha value is -2.57. The fourth-order valence-corrected chi connectivity index (χ4v) is 4.27. The molecule has 2 heterocycles. The first-order valence-corrected chi connectivity index (χ1v) is 8.84. The maximum absolute atomic E-state index is 12.8. The van der Waals surface area contributed by atoms with Gasteiger partial charge in [0.05, 0.1) is 0 Å². The number of hydrogen-bond donors (Lipinski definition) is 2. The number of nitrogens with zero attached hydrogens (tertiary/aromatic N) is 2. The molecular formula is C18H22N4O3. The number of amides is 4. The number of nitrogens with two attached hydrogens (primary N) is 1. The molecule has 1 saturated heterocycles. The molecule has 7 nitrogen and oxygen atoms in total. The van der Waals surface area contributed by atoms with Gasteiger partial charge < -0.3 is 16.0 Å². The summed E-state index contributed by atoms with van der Waals surface area (Å²) in [6.45, 7) is 0.352. The second-order valence-electron chi connectivity index (χ2n) is 7.10. The molecule has 2 aliphatic heterocycles. The number of carbonyl (C=O) groups is 3. The first-order chi connectivity index (χ1) is 12.0. The van der Waals surface area contributed by atoms with E-state index in [1.54, 1.807) is 4.90 Å². The van der Waals surface area contributed by atoms with E-state index < -0.39 is 11.6 Å². The van der Waals surface area contributed by atoms with Gasteiger partial charge in [-0.1, -0.05) is 18.9 Å². The van der Waals surface area contributed by atoms with Gasteiger partial charge in [-0.2, -0.15) is 0 Å². The van der Waals surface area contributed by atoms with Crippen molar-refractivity contribution in [1.82, 2.24) is 10.2 Å². The van der Waals surface area contributed by atoms with Crippen LogP contribution in [0, 0.1) is 0 Å². The van der Waals surface area contributed by atoms with E-state index in [0.29, 0.717) is 25.1 Å². The van der Waals surface area contributed by atoms with Gasteiger partial charge >= 0.3 is 6.03 Å². The normalized spacial score (nSPS) is 21.6. The summed E-state index contributed by atoms with van der Waals surface area (Å²) in [5.74, 6) is -0.502. The van der Waals surface area contributed by atoms with Crippen molar-refractivity contribution >= 4 is 29.2 Å². The molecule has 1 spiro atoms. The second kappa shape index (κ2) is 5.75. The smallest absolute Gasteiger partial charge is 0.325 e. The highest BCUT2D eigenvalue weighted by Gasteiger charge is 2.52. The molecule has 4 rings (SSSR count). The predicted molar refractivity (Wildman–Crippen MR) is 93.0 cm³/mol. The topological polar surface area (TPSA) is 95.7 Å². The van der Waals surface area contributed by atoms with E-state index in [-0.39, 0.29) is 18.4 Å². The van der Waals surface area contributed by atoms with Crippen LogP contribution in [0.3, 0.4) is 0 Å². The molecule has 0 aromatic heterocycles. The van der Waals surface area contributed by atoms with Crippen molar-refractivity contribution in [3.05, 3.63) is 23.8 Å². The van der Waals surface area contributed by atoms with E-state index in [0.717, 1.165) is 41.8 Å². The third kappa shape index (κ3) is 2.45. The molecule has 132 valence electrons.